The summed E-state index contributed by atoms with van der Waals surface area (Å²) in [5.41, 5.74) is 3.05. The van der Waals surface area contributed by atoms with Gasteiger partial charge in [-0.15, -0.1) is 0 Å². The Hall–Kier alpha value is -1.95. The Morgan fingerprint density at radius 3 is 2.34 bits per heavy atom. The van der Waals surface area contributed by atoms with E-state index in [0.717, 1.165) is 34.7 Å². The summed E-state index contributed by atoms with van der Waals surface area (Å²) in [5, 5.41) is 16.9. The maximum Gasteiger partial charge on any atom is 0.106 e. The molecule has 1 aromatic rings. The summed E-state index contributed by atoms with van der Waals surface area (Å²) in [7, 11) is 0. The summed E-state index contributed by atoms with van der Waals surface area (Å²) < 4.78 is 6.03. The lowest BCUT2D eigenvalue weighted by Crippen LogP contribution is -2.45. The van der Waals surface area contributed by atoms with Crippen molar-refractivity contribution in [1.82, 2.24) is 10.6 Å². The molecule has 2 aliphatic heterocycles. The maximum atomic E-state index is 10.4. The van der Waals surface area contributed by atoms with Gasteiger partial charge in [-0.25, -0.2) is 0 Å². The molecular formula is C24H34N2O2S. The highest BCUT2D eigenvalue weighted by Crippen LogP contribution is 2.35. The van der Waals surface area contributed by atoms with Crippen molar-refractivity contribution in [1.29, 1.82) is 0 Å². The highest BCUT2D eigenvalue weighted by atomic mass is 32.2. The molecule has 0 saturated carbocycles. The van der Waals surface area contributed by atoms with Crippen LogP contribution in [0.25, 0.3) is 11.1 Å². The fraction of sp³-hybridized carbons (Fsp3) is 0.417. The molecule has 0 spiro atoms. The van der Waals surface area contributed by atoms with Crippen LogP contribution in [0.5, 0.6) is 0 Å². The van der Waals surface area contributed by atoms with E-state index in [9.17, 15) is 5.11 Å². The minimum Gasteiger partial charge on any atom is -0.387 e. The maximum absolute atomic E-state index is 10.4. The van der Waals surface area contributed by atoms with E-state index in [1.54, 1.807) is 13.8 Å². The summed E-state index contributed by atoms with van der Waals surface area (Å²) in [4.78, 5) is 1.01. The fourth-order valence-electron chi connectivity index (χ4n) is 2.56. The SMILES string of the molecule is CC.CC(C)(O)C(C)(C)OSc1cc(C2=CNCC=C2)cc(C2=CC=CNC2)c1. The van der Waals surface area contributed by atoms with Gasteiger partial charge in [-0.05, 0) is 80.4 Å². The van der Waals surface area contributed by atoms with Crippen molar-refractivity contribution >= 4 is 23.2 Å². The van der Waals surface area contributed by atoms with Crippen molar-refractivity contribution < 1.29 is 9.29 Å². The molecule has 0 aromatic heterocycles. The number of benzene rings is 1. The summed E-state index contributed by atoms with van der Waals surface area (Å²) in [6, 6.07) is 6.48. The van der Waals surface area contributed by atoms with Crippen molar-refractivity contribution in [2.24, 2.45) is 0 Å². The summed E-state index contributed by atoms with van der Waals surface area (Å²) in [6.07, 6.45) is 12.4. The van der Waals surface area contributed by atoms with Gasteiger partial charge < -0.3 is 19.9 Å². The van der Waals surface area contributed by atoms with Gasteiger partial charge in [0.2, 0.25) is 0 Å². The van der Waals surface area contributed by atoms with Crippen LogP contribution in [-0.4, -0.2) is 29.4 Å². The minimum atomic E-state index is -0.945. The van der Waals surface area contributed by atoms with Crippen molar-refractivity contribution in [2.75, 3.05) is 13.1 Å². The molecule has 0 aliphatic carbocycles. The molecule has 2 aliphatic rings. The second-order valence-corrected chi connectivity index (χ2v) is 8.63. The first-order valence-corrected chi connectivity index (χ1v) is 10.9. The van der Waals surface area contributed by atoms with Gasteiger partial charge in [-0.2, -0.15) is 0 Å². The summed E-state index contributed by atoms with van der Waals surface area (Å²) in [6.45, 7) is 13.0. The molecule has 2 heterocycles. The van der Waals surface area contributed by atoms with Crippen LogP contribution in [-0.2, 0) is 4.18 Å². The van der Waals surface area contributed by atoms with Crippen molar-refractivity contribution in [3.63, 3.8) is 0 Å². The average Bonchev–Trinajstić information content (AvgIpc) is 2.74. The molecule has 158 valence electrons. The molecule has 0 atom stereocenters. The zero-order chi connectivity index (χ0) is 21.5. The number of allylic oxidation sites excluding steroid dienone is 4. The van der Waals surface area contributed by atoms with Crippen LogP contribution >= 0.6 is 12.0 Å². The zero-order valence-corrected chi connectivity index (χ0v) is 19.2. The largest absolute Gasteiger partial charge is 0.387 e. The number of dihydropyridines is 2. The normalized spacial score (nSPS) is 16.1. The summed E-state index contributed by atoms with van der Waals surface area (Å²) in [5.74, 6) is 0. The monoisotopic (exact) mass is 414 g/mol. The third-order valence-corrected chi connectivity index (χ3v) is 5.95. The molecular weight excluding hydrogens is 380 g/mol. The number of hydrogen-bond acceptors (Lipinski definition) is 5. The van der Waals surface area contributed by atoms with Gasteiger partial charge in [-0.1, -0.05) is 32.1 Å². The van der Waals surface area contributed by atoms with Gasteiger partial charge in [0.1, 0.15) is 5.60 Å². The van der Waals surface area contributed by atoms with Gasteiger partial charge >= 0.3 is 0 Å². The molecule has 0 radical (unpaired) electrons. The van der Waals surface area contributed by atoms with Gasteiger partial charge in [0.25, 0.3) is 0 Å². The van der Waals surface area contributed by atoms with Crippen LogP contribution in [0.15, 0.2) is 59.8 Å². The topological polar surface area (TPSA) is 53.5 Å². The predicted octanol–water partition coefficient (Wildman–Crippen LogP) is 5.29. The van der Waals surface area contributed by atoms with Crippen LogP contribution < -0.4 is 10.6 Å². The molecule has 0 saturated heterocycles. The zero-order valence-electron chi connectivity index (χ0n) is 18.4. The Labute approximate surface area is 180 Å². The lowest BCUT2D eigenvalue weighted by Gasteiger charge is -2.35. The Kier molecular flexibility index (Phi) is 8.20. The molecule has 3 N–H and O–H groups in total. The van der Waals surface area contributed by atoms with Crippen molar-refractivity contribution in [2.45, 2.75) is 57.6 Å². The molecule has 0 unspecified atom stereocenters. The molecule has 3 rings (SSSR count). The van der Waals surface area contributed by atoms with Crippen LogP contribution in [0, 0.1) is 0 Å². The van der Waals surface area contributed by atoms with Gasteiger partial charge in [0.05, 0.1) is 5.60 Å². The smallest absolute Gasteiger partial charge is 0.106 e. The van der Waals surface area contributed by atoms with E-state index in [0.29, 0.717) is 0 Å². The number of rotatable bonds is 6. The number of nitrogens with one attached hydrogen (secondary N) is 2. The van der Waals surface area contributed by atoms with E-state index in [1.807, 2.05) is 46.2 Å². The van der Waals surface area contributed by atoms with Gasteiger partial charge in [-0.3, -0.25) is 0 Å². The van der Waals surface area contributed by atoms with Gasteiger partial charge in [0.15, 0.2) is 0 Å². The lowest BCUT2D eigenvalue weighted by atomic mass is 9.90. The summed E-state index contributed by atoms with van der Waals surface area (Å²) >= 11 is 1.31. The fourth-order valence-corrected chi connectivity index (χ4v) is 3.42. The van der Waals surface area contributed by atoms with Crippen molar-refractivity contribution in [3.05, 3.63) is 66.0 Å². The molecule has 5 heteroatoms. The van der Waals surface area contributed by atoms with Crippen molar-refractivity contribution in [3.8, 4) is 0 Å². The first-order chi connectivity index (χ1) is 13.8. The number of hydrogen-bond donors (Lipinski definition) is 3. The van der Waals surface area contributed by atoms with E-state index in [2.05, 4.69) is 47.1 Å². The lowest BCUT2D eigenvalue weighted by molar-refractivity contribution is -0.0813. The first-order valence-electron chi connectivity index (χ1n) is 10.2. The van der Waals surface area contributed by atoms with E-state index < -0.39 is 11.2 Å². The Morgan fingerprint density at radius 2 is 1.76 bits per heavy atom. The molecule has 0 fully saturated rings. The van der Waals surface area contributed by atoms with E-state index in [-0.39, 0.29) is 0 Å². The Morgan fingerprint density at radius 1 is 1.03 bits per heavy atom. The third kappa shape index (κ3) is 6.26. The van der Waals surface area contributed by atoms with Crippen LogP contribution in [0.3, 0.4) is 0 Å². The highest BCUT2D eigenvalue weighted by molar-refractivity contribution is 7.94. The predicted molar refractivity (Wildman–Crippen MR) is 125 cm³/mol. The van der Waals surface area contributed by atoms with E-state index in [1.165, 1.54) is 17.6 Å². The second kappa shape index (κ2) is 10.2. The highest BCUT2D eigenvalue weighted by Gasteiger charge is 2.37. The third-order valence-electron chi connectivity index (χ3n) is 5.02. The molecule has 0 amide bonds. The quantitative estimate of drug-likeness (QED) is 0.553. The van der Waals surface area contributed by atoms with Crippen LogP contribution in [0.4, 0.5) is 0 Å². The van der Waals surface area contributed by atoms with E-state index >= 15 is 0 Å². The second-order valence-electron chi connectivity index (χ2n) is 7.82. The number of aliphatic hydroxyl groups is 1. The Bertz CT molecular complexity index is 815. The first kappa shape index (κ1) is 23.3. The van der Waals surface area contributed by atoms with E-state index in [4.69, 9.17) is 4.18 Å². The average molecular weight is 415 g/mol. The molecule has 29 heavy (non-hydrogen) atoms. The molecule has 1 aromatic carbocycles. The van der Waals surface area contributed by atoms with Crippen LogP contribution in [0.2, 0.25) is 0 Å². The van der Waals surface area contributed by atoms with Crippen LogP contribution in [0.1, 0.15) is 52.7 Å². The standard InChI is InChI=1S/C22H28N2O2S.C2H6/c1-21(2,25)22(3,4)26-27-20-12-18(16-7-5-9-23-14-16)11-19(13-20)17-8-6-10-24-15-17;1-2/h5-9,11-13,15,23-25H,10,14H2,1-4H3;1-2H3. The minimum absolute atomic E-state index is 0.687. The Balaban J connectivity index is 0.00000145. The molecule has 0 bridgehead atoms. The van der Waals surface area contributed by atoms with Gasteiger partial charge in [0, 0.05) is 36.2 Å². The molecule has 4 nitrogen and oxygen atoms in total.